The lowest BCUT2D eigenvalue weighted by Gasteiger charge is -2.23. The van der Waals surface area contributed by atoms with Gasteiger partial charge in [-0.1, -0.05) is 30.3 Å². The third-order valence-corrected chi connectivity index (χ3v) is 6.56. The van der Waals surface area contributed by atoms with Crippen molar-refractivity contribution in [1.82, 2.24) is 4.57 Å². The number of para-hydroxylation sites is 2. The van der Waals surface area contributed by atoms with Crippen LogP contribution in [-0.4, -0.2) is 23.2 Å². The minimum atomic E-state index is -1.15. The molecule has 2 aromatic heterocycles. The third-order valence-electron chi connectivity index (χ3n) is 6.56. The molecule has 0 spiro atoms. The van der Waals surface area contributed by atoms with Crippen LogP contribution in [-0.2, 0) is 22.5 Å². The van der Waals surface area contributed by atoms with E-state index < -0.39 is 23.6 Å². The zero-order valence-electron chi connectivity index (χ0n) is 18.0. The number of rotatable bonds is 3. The van der Waals surface area contributed by atoms with Crippen molar-refractivity contribution >= 4 is 27.8 Å². The zero-order chi connectivity index (χ0) is 22.7. The monoisotopic (exact) mass is 443 g/mol. The normalized spacial score (nSPS) is 18.8. The molecule has 7 heteroatoms. The Kier molecular flexibility index (Phi) is 4.40. The standard InChI is InChI=1S/C26H21NO6/c1-2-31-26(30)23-19(20-22(33-23)16-10-3-4-11-18(16)32-25(20)29)17-13-15-8-5-7-14-9-6-12-27(21(14)15)24(17)28/h3-5,7-8,10-11,13,19,23H,2,6,9,12H2,1H3. The van der Waals surface area contributed by atoms with Crippen LogP contribution in [0.4, 0.5) is 0 Å². The average Bonchev–Trinajstić information content (AvgIpc) is 3.23. The summed E-state index contributed by atoms with van der Waals surface area (Å²) in [5.41, 5.74) is 2.07. The Labute approximate surface area is 188 Å². The highest BCUT2D eigenvalue weighted by Crippen LogP contribution is 2.44. The van der Waals surface area contributed by atoms with E-state index in [0.29, 0.717) is 23.1 Å². The molecule has 2 aliphatic heterocycles. The molecule has 4 aromatic rings. The fraction of sp³-hybridized carbons (Fsp3) is 0.269. The van der Waals surface area contributed by atoms with Crippen molar-refractivity contribution in [3.63, 3.8) is 0 Å². The number of esters is 1. The molecule has 2 aromatic carbocycles. The Hall–Kier alpha value is -3.87. The average molecular weight is 443 g/mol. The molecule has 2 atom stereocenters. The zero-order valence-corrected chi connectivity index (χ0v) is 18.0. The molecule has 2 aliphatic rings. The molecule has 33 heavy (non-hydrogen) atoms. The Morgan fingerprint density at radius 1 is 1.15 bits per heavy atom. The van der Waals surface area contributed by atoms with Crippen molar-refractivity contribution in [3.05, 3.63) is 86.0 Å². The summed E-state index contributed by atoms with van der Waals surface area (Å²) >= 11 is 0. The summed E-state index contributed by atoms with van der Waals surface area (Å²) in [5, 5.41) is 1.47. The topological polar surface area (TPSA) is 87.7 Å². The van der Waals surface area contributed by atoms with Crippen molar-refractivity contribution in [2.75, 3.05) is 6.61 Å². The fourth-order valence-electron chi connectivity index (χ4n) is 5.21. The maximum absolute atomic E-state index is 13.7. The second kappa shape index (κ2) is 7.33. The molecule has 0 N–H and O–H groups in total. The number of fused-ring (bicyclic) bond motifs is 3. The Morgan fingerprint density at radius 2 is 2.00 bits per heavy atom. The van der Waals surface area contributed by atoms with E-state index in [-0.39, 0.29) is 23.5 Å². The van der Waals surface area contributed by atoms with Crippen LogP contribution < -0.4 is 15.9 Å². The van der Waals surface area contributed by atoms with Gasteiger partial charge < -0.3 is 18.5 Å². The number of aromatic nitrogens is 1. The second-order valence-electron chi connectivity index (χ2n) is 8.41. The predicted molar refractivity (Wildman–Crippen MR) is 122 cm³/mol. The van der Waals surface area contributed by atoms with E-state index in [1.807, 2.05) is 18.2 Å². The number of ether oxygens (including phenoxy) is 2. The van der Waals surface area contributed by atoms with Crippen LogP contribution in [0, 0.1) is 0 Å². The molecule has 0 bridgehead atoms. The van der Waals surface area contributed by atoms with Crippen LogP contribution in [0.25, 0.3) is 21.9 Å². The number of pyridine rings is 1. The van der Waals surface area contributed by atoms with Gasteiger partial charge in [0.1, 0.15) is 11.3 Å². The first kappa shape index (κ1) is 19.8. The van der Waals surface area contributed by atoms with Crippen LogP contribution >= 0.6 is 0 Å². The van der Waals surface area contributed by atoms with E-state index in [2.05, 4.69) is 0 Å². The van der Waals surface area contributed by atoms with E-state index in [1.54, 1.807) is 41.8 Å². The second-order valence-corrected chi connectivity index (χ2v) is 8.41. The van der Waals surface area contributed by atoms with Gasteiger partial charge in [-0.3, -0.25) is 4.79 Å². The number of aryl methyl sites for hydroxylation is 2. The largest absolute Gasteiger partial charge is 0.476 e. The molecule has 0 amide bonds. The highest BCUT2D eigenvalue weighted by atomic mass is 16.6. The lowest BCUT2D eigenvalue weighted by molar-refractivity contribution is -0.151. The van der Waals surface area contributed by atoms with Crippen LogP contribution in [0.5, 0.6) is 5.75 Å². The minimum absolute atomic E-state index is 0.155. The maximum Gasteiger partial charge on any atom is 0.348 e. The Balaban J connectivity index is 1.66. The first-order chi connectivity index (χ1) is 16.1. The summed E-state index contributed by atoms with van der Waals surface area (Å²) in [5.74, 6) is -1.27. The van der Waals surface area contributed by atoms with E-state index in [0.717, 1.165) is 29.3 Å². The maximum atomic E-state index is 13.7. The van der Waals surface area contributed by atoms with Gasteiger partial charge in [-0.05, 0) is 48.9 Å². The molecule has 0 saturated carbocycles. The molecule has 4 heterocycles. The summed E-state index contributed by atoms with van der Waals surface area (Å²) < 4.78 is 18.7. The lowest BCUT2D eigenvalue weighted by atomic mass is 9.87. The van der Waals surface area contributed by atoms with E-state index in [9.17, 15) is 14.4 Å². The summed E-state index contributed by atoms with van der Waals surface area (Å²) in [4.78, 5) is 39.8. The van der Waals surface area contributed by atoms with Crippen molar-refractivity contribution in [3.8, 4) is 5.75 Å². The fourth-order valence-corrected chi connectivity index (χ4v) is 5.21. The van der Waals surface area contributed by atoms with Crippen molar-refractivity contribution in [1.29, 1.82) is 0 Å². The van der Waals surface area contributed by atoms with Gasteiger partial charge in [-0.2, -0.15) is 0 Å². The summed E-state index contributed by atoms with van der Waals surface area (Å²) in [7, 11) is 0. The molecule has 6 rings (SSSR count). The smallest absolute Gasteiger partial charge is 0.348 e. The first-order valence-corrected chi connectivity index (χ1v) is 11.1. The number of carbonyl (C=O) groups is 1. The van der Waals surface area contributed by atoms with E-state index in [1.165, 1.54) is 0 Å². The van der Waals surface area contributed by atoms with Crippen molar-refractivity contribution in [2.24, 2.45) is 0 Å². The molecule has 7 nitrogen and oxygen atoms in total. The number of hydrogen-bond donors (Lipinski definition) is 0. The molecular formula is C26H21NO6. The molecule has 0 saturated heterocycles. The SMILES string of the molecule is CCOC(=O)C1Oc2c(c(=O)oc3ccccc23)C1c1cc2cccc3c2n(c1=O)CCC3. The van der Waals surface area contributed by atoms with Gasteiger partial charge >= 0.3 is 11.6 Å². The molecule has 0 radical (unpaired) electrons. The number of benzene rings is 2. The Morgan fingerprint density at radius 3 is 2.85 bits per heavy atom. The lowest BCUT2D eigenvalue weighted by Crippen LogP contribution is -2.37. The summed E-state index contributed by atoms with van der Waals surface area (Å²) in [6.07, 6.45) is 0.603. The van der Waals surface area contributed by atoms with E-state index in [4.69, 9.17) is 13.9 Å². The quantitative estimate of drug-likeness (QED) is 0.356. The highest BCUT2D eigenvalue weighted by Gasteiger charge is 2.46. The van der Waals surface area contributed by atoms with Gasteiger partial charge in [0, 0.05) is 12.1 Å². The molecule has 2 unspecified atom stereocenters. The number of nitrogens with zero attached hydrogens (tertiary/aromatic N) is 1. The van der Waals surface area contributed by atoms with Crippen LogP contribution in [0.2, 0.25) is 0 Å². The summed E-state index contributed by atoms with van der Waals surface area (Å²) in [6.45, 7) is 2.44. The highest BCUT2D eigenvalue weighted by molar-refractivity contribution is 5.89. The van der Waals surface area contributed by atoms with Gasteiger partial charge in [0.05, 0.1) is 29.0 Å². The van der Waals surface area contributed by atoms with Crippen molar-refractivity contribution in [2.45, 2.75) is 38.3 Å². The number of carbonyl (C=O) groups excluding carboxylic acids is 1. The minimum Gasteiger partial charge on any atom is -0.476 e. The van der Waals surface area contributed by atoms with Crippen LogP contribution in [0.1, 0.15) is 36.0 Å². The van der Waals surface area contributed by atoms with E-state index >= 15 is 0 Å². The summed E-state index contributed by atoms with van der Waals surface area (Å²) in [6, 6.07) is 14.7. The van der Waals surface area contributed by atoms with Gasteiger partial charge in [-0.25, -0.2) is 9.59 Å². The molecule has 0 aliphatic carbocycles. The first-order valence-electron chi connectivity index (χ1n) is 11.1. The number of hydrogen-bond acceptors (Lipinski definition) is 6. The Bertz CT molecular complexity index is 1560. The van der Waals surface area contributed by atoms with Crippen LogP contribution in [0.3, 0.4) is 0 Å². The van der Waals surface area contributed by atoms with Gasteiger partial charge in [0.15, 0.2) is 0 Å². The van der Waals surface area contributed by atoms with Gasteiger partial charge in [0.2, 0.25) is 6.10 Å². The van der Waals surface area contributed by atoms with Gasteiger partial charge in [0.25, 0.3) is 5.56 Å². The third kappa shape index (κ3) is 2.85. The predicted octanol–water partition coefficient (Wildman–Crippen LogP) is 3.51. The van der Waals surface area contributed by atoms with Gasteiger partial charge in [-0.15, -0.1) is 0 Å². The molecular weight excluding hydrogens is 422 g/mol. The van der Waals surface area contributed by atoms with Crippen LogP contribution in [0.15, 0.2) is 62.5 Å². The van der Waals surface area contributed by atoms with Crippen molar-refractivity contribution < 1.29 is 18.7 Å². The molecule has 166 valence electrons. The molecule has 0 fully saturated rings.